The van der Waals surface area contributed by atoms with Gasteiger partial charge in [-0.15, -0.1) is 0 Å². The van der Waals surface area contributed by atoms with E-state index in [2.05, 4.69) is 15.5 Å². The zero-order valence-electron chi connectivity index (χ0n) is 10.7. The molecule has 20 heavy (non-hydrogen) atoms. The molecule has 0 aliphatic rings. The van der Waals surface area contributed by atoms with E-state index in [1.165, 1.54) is 19.5 Å². The molecule has 1 atom stereocenters. The molecular weight excluding hydrogens is 266 g/mol. The molecule has 2 aromatic rings. The summed E-state index contributed by atoms with van der Waals surface area (Å²) in [4.78, 5) is 26.2. The highest BCUT2D eigenvalue weighted by Gasteiger charge is 2.15. The summed E-state index contributed by atoms with van der Waals surface area (Å²) >= 11 is 0. The van der Waals surface area contributed by atoms with Crippen LogP contribution in [0.15, 0.2) is 27.5 Å². The van der Waals surface area contributed by atoms with E-state index in [-0.39, 0.29) is 18.7 Å². The molecule has 0 aliphatic carbocycles. The molecule has 2 N–H and O–H groups in total. The Labute approximate surface area is 113 Å². The molecule has 0 aliphatic heterocycles. The van der Waals surface area contributed by atoms with Crippen molar-refractivity contribution in [3.63, 3.8) is 0 Å². The second-order valence-electron chi connectivity index (χ2n) is 4.15. The summed E-state index contributed by atoms with van der Waals surface area (Å²) in [6.07, 6.45) is 3.29. The molecule has 0 aromatic carbocycles. The van der Waals surface area contributed by atoms with E-state index in [9.17, 15) is 9.59 Å². The van der Waals surface area contributed by atoms with Gasteiger partial charge in [-0.2, -0.15) is 4.98 Å². The van der Waals surface area contributed by atoms with Gasteiger partial charge in [-0.25, -0.2) is 0 Å². The minimum absolute atomic E-state index is 0.0740. The molecule has 8 nitrogen and oxygen atoms in total. The van der Waals surface area contributed by atoms with Crippen LogP contribution in [0.4, 0.5) is 0 Å². The lowest BCUT2D eigenvalue weighted by Crippen LogP contribution is -2.38. The number of hydrogen-bond donors (Lipinski definition) is 2. The summed E-state index contributed by atoms with van der Waals surface area (Å²) in [5.41, 5.74) is 0.684. The van der Waals surface area contributed by atoms with Crippen LogP contribution in [0.3, 0.4) is 0 Å². The Balaban J connectivity index is 1.86. The fourth-order valence-corrected chi connectivity index (χ4v) is 1.46. The fourth-order valence-electron chi connectivity index (χ4n) is 1.46. The Hall–Kier alpha value is -2.64. The molecule has 0 bridgehead atoms. The van der Waals surface area contributed by atoms with Gasteiger partial charge in [0, 0.05) is 12.8 Å². The van der Waals surface area contributed by atoms with E-state index >= 15 is 0 Å². The third-order valence-corrected chi connectivity index (χ3v) is 2.56. The zero-order valence-corrected chi connectivity index (χ0v) is 10.7. The van der Waals surface area contributed by atoms with Crippen molar-refractivity contribution >= 4 is 11.9 Å². The summed E-state index contributed by atoms with van der Waals surface area (Å²) in [6.45, 7) is 1.39. The topological polar surface area (TPSA) is 118 Å². The number of aliphatic carboxylic acids is 1. The Kier molecular flexibility index (Phi) is 4.14. The van der Waals surface area contributed by atoms with E-state index < -0.39 is 12.0 Å². The van der Waals surface area contributed by atoms with Gasteiger partial charge in [0.05, 0.1) is 11.8 Å². The van der Waals surface area contributed by atoms with Gasteiger partial charge in [-0.1, -0.05) is 5.16 Å². The summed E-state index contributed by atoms with van der Waals surface area (Å²) in [5.74, 6) is -0.784. The molecule has 2 aromatic heterocycles. The van der Waals surface area contributed by atoms with Crippen molar-refractivity contribution in [1.82, 2.24) is 15.5 Å². The monoisotopic (exact) mass is 279 g/mol. The van der Waals surface area contributed by atoms with Gasteiger partial charge in [0.2, 0.25) is 17.6 Å². The number of aryl methyl sites for hydroxylation is 1. The average Bonchev–Trinajstić information content (AvgIpc) is 3.07. The quantitative estimate of drug-likeness (QED) is 0.804. The highest BCUT2D eigenvalue weighted by Crippen LogP contribution is 2.16. The first kappa shape index (κ1) is 13.8. The number of aromatic nitrogens is 2. The molecule has 8 heteroatoms. The normalized spacial score (nSPS) is 12.1. The van der Waals surface area contributed by atoms with Crippen molar-refractivity contribution < 1.29 is 23.6 Å². The van der Waals surface area contributed by atoms with Crippen LogP contribution < -0.4 is 5.32 Å². The first-order chi connectivity index (χ1) is 9.56. The first-order valence-electron chi connectivity index (χ1n) is 5.93. The van der Waals surface area contributed by atoms with Crippen LogP contribution in [0, 0.1) is 0 Å². The molecule has 0 saturated carbocycles. The van der Waals surface area contributed by atoms with E-state index in [0.717, 1.165) is 0 Å². The predicted octanol–water partition coefficient (Wildman–Crippen LogP) is 0.851. The van der Waals surface area contributed by atoms with Gasteiger partial charge in [0.1, 0.15) is 12.3 Å². The van der Waals surface area contributed by atoms with E-state index in [4.69, 9.17) is 14.0 Å². The first-order valence-corrected chi connectivity index (χ1v) is 5.93. The number of carboxylic acids is 1. The maximum atomic E-state index is 11.5. The second-order valence-corrected chi connectivity index (χ2v) is 4.15. The summed E-state index contributed by atoms with van der Waals surface area (Å²) < 4.78 is 9.89. The molecule has 0 spiro atoms. The van der Waals surface area contributed by atoms with E-state index in [1.54, 1.807) is 6.07 Å². The number of hydrogen-bond acceptors (Lipinski definition) is 6. The van der Waals surface area contributed by atoms with Crippen molar-refractivity contribution in [1.29, 1.82) is 0 Å². The SMILES string of the molecule is CC(NC(=O)CCc1nc(-c2ccoc2)no1)C(=O)O. The van der Waals surface area contributed by atoms with Gasteiger partial charge in [-0.3, -0.25) is 9.59 Å². The van der Waals surface area contributed by atoms with Crippen LogP contribution in [0.5, 0.6) is 0 Å². The fraction of sp³-hybridized carbons (Fsp3) is 0.333. The standard InChI is InChI=1S/C12H13N3O5/c1-7(12(17)18)13-9(16)2-3-10-14-11(15-20-10)8-4-5-19-6-8/h4-7H,2-3H2,1H3,(H,13,16)(H,17,18). The predicted molar refractivity (Wildman–Crippen MR) is 65.6 cm³/mol. The van der Waals surface area contributed by atoms with Crippen LogP contribution in [0.25, 0.3) is 11.4 Å². The Bertz CT molecular complexity index is 590. The van der Waals surface area contributed by atoms with Gasteiger partial charge in [0.15, 0.2) is 0 Å². The Morgan fingerprint density at radius 3 is 2.95 bits per heavy atom. The zero-order chi connectivity index (χ0) is 14.5. The lowest BCUT2D eigenvalue weighted by molar-refractivity contribution is -0.141. The number of carbonyl (C=O) groups excluding carboxylic acids is 1. The lowest BCUT2D eigenvalue weighted by atomic mass is 10.2. The number of carbonyl (C=O) groups is 2. The molecule has 0 radical (unpaired) electrons. The number of amides is 1. The van der Waals surface area contributed by atoms with Crippen LogP contribution in [0.1, 0.15) is 19.2 Å². The van der Waals surface area contributed by atoms with Crippen LogP contribution in [-0.4, -0.2) is 33.2 Å². The van der Waals surface area contributed by atoms with Gasteiger partial charge < -0.3 is 19.4 Å². The highest BCUT2D eigenvalue weighted by atomic mass is 16.5. The van der Waals surface area contributed by atoms with E-state index in [1.807, 2.05) is 0 Å². The van der Waals surface area contributed by atoms with Crippen LogP contribution >= 0.6 is 0 Å². The molecule has 106 valence electrons. The van der Waals surface area contributed by atoms with Crippen LogP contribution in [-0.2, 0) is 16.0 Å². The number of nitrogens with zero attached hydrogens (tertiary/aromatic N) is 2. The van der Waals surface area contributed by atoms with Crippen molar-refractivity contribution in [2.75, 3.05) is 0 Å². The number of nitrogens with one attached hydrogen (secondary N) is 1. The minimum atomic E-state index is -1.08. The third-order valence-electron chi connectivity index (χ3n) is 2.56. The Morgan fingerprint density at radius 1 is 1.50 bits per heavy atom. The smallest absolute Gasteiger partial charge is 0.325 e. The number of carboxylic acid groups (broad SMARTS) is 1. The second kappa shape index (κ2) is 6.00. The largest absolute Gasteiger partial charge is 0.480 e. The van der Waals surface area contributed by atoms with Gasteiger partial charge in [0.25, 0.3) is 0 Å². The van der Waals surface area contributed by atoms with Crippen molar-refractivity contribution in [2.24, 2.45) is 0 Å². The number of rotatable bonds is 6. The van der Waals surface area contributed by atoms with Gasteiger partial charge in [-0.05, 0) is 13.0 Å². The molecule has 2 rings (SSSR count). The molecular formula is C12H13N3O5. The number of furan rings is 1. The third kappa shape index (κ3) is 3.44. The summed E-state index contributed by atoms with van der Waals surface area (Å²) in [5, 5.41) is 14.8. The molecule has 0 saturated heterocycles. The maximum absolute atomic E-state index is 11.5. The van der Waals surface area contributed by atoms with E-state index in [0.29, 0.717) is 17.3 Å². The molecule has 1 amide bonds. The summed E-state index contributed by atoms with van der Waals surface area (Å²) in [7, 11) is 0. The maximum Gasteiger partial charge on any atom is 0.325 e. The molecule has 2 heterocycles. The summed E-state index contributed by atoms with van der Waals surface area (Å²) in [6, 6.07) is 0.766. The van der Waals surface area contributed by atoms with Gasteiger partial charge >= 0.3 is 5.97 Å². The Morgan fingerprint density at radius 2 is 2.30 bits per heavy atom. The minimum Gasteiger partial charge on any atom is -0.480 e. The lowest BCUT2D eigenvalue weighted by Gasteiger charge is -2.07. The van der Waals surface area contributed by atoms with Crippen molar-refractivity contribution in [3.05, 3.63) is 24.5 Å². The average molecular weight is 279 g/mol. The molecule has 0 fully saturated rings. The molecule has 1 unspecified atom stereocenters. The van der Waals surface area contributed by atoms with Crippen LogP contribution in [0.2, 0.25) is 0 Å². The van der Waals surface area contributed by atoms with Crippen molar-refractivity contribution in [2.45, 2.75) is 25.8 Å². The van der Waals surface area contributed by atoms with Crippen molar-refractivity contribution in [3.8, 4) is 11.4 Å². The highest BCUT2D eigenvalue weighted by molar-refractivity contribution is 5.83.